The highest BCUT2D eigenvalue weighted by Crippen LogP contribution is 2.11. The van der Waals surface area contributed by atoms with Crippen molar-refractivity contribution in [2.45, 2.75) is 84.6 Å². The number of benzene rings is 1. The number of hydrogen-bond donors (Lipinski definition) is 6. The smallest absolute Gasteiger partial charge is 0.300 e. The molecule has 1 aliphatic rings. The summed E-state index contributed by atoms with van der Waals surface area (Å²) in [5.41, 5.74) is 7.13. The number of aliphatic carboxylic acids is 1. The molecule has 1 fully saturated rings. The molecule has 1 aromatic rings. The van der Waals surface area contributed by atoms with E-state index in [4.69, 9.17) is 15.6 Å². The van der Waals surface area contributed by atoms with Gasteiger partial charge in [-0.15, -0.1) is 0 Å². The minimum absolute atomic E-state index is 0.00284. The van der Waals surface area contributed by atoms with Crippen molar-refractivity contribution in [2.75, 3.05) is 25.1 Å². The van der Waals surface area contributed by atoms with E-state index in [9.17, 15) is 24.0 Å². The summed E-state index contributed by atoms with van der Waals surface area (Å²) in [7, 11) is 0. The van der Waals surface area contributed by atoms with Crippen molar-refractivity contribution in [1.29, 1.82) is 0 Å². The Kier molecular flexibility index (Phi) is 17.2. The van der Waals surface area contributed by atoms with Crippen LogP contribution in [0.4, 0.5) is 0 Å². The summed E-state index contributed by atoms with van der Waals surface area (Å²) in [6.45, 7) is 9.51. The maximum absolute atomic E-state index is 13.5. The minimum Gasteiger partial charge on any atom is -0.481 e. The fourth-order valence-corrected chi connectivity index (χ4v) is 4.92. The topological polar surface area (TPSA) is 200 Å². The second-order valence-corrected chi connectivity index (χ2v) is 12.8. The minimum atomic E-state index is -0.940. The molecule has 1 aromatic carbocycles. The summed E-state index contributed by atoms with van der Waals surface area (Å²) in [6, 6.07) is 5.26. The first kappa shape index (κ1) is 39.4. The van der Waals surface area contributed by atoms with Crippen molar-refractivity contribution in [1.82, 2.24) is 26.2 Å². The van der Waals surface area contributed by atoms with Gasteiger partial charge in [0, 0.05) is 13.5 Å². The summed E-state index contributed by atoms with van der Waals surface area (Å²) >= 11 is 1.53. The summed E-state index contributed by atoms with van der Waals surface area (Å²) in [5, 5.41) is 18.6. The van der Waals surface area contributed by atoms with Crippen LogP contribution in [0.5, 0.6) is 0 Å². The maximum Gasteiger partial charge on any atom is 0.300 e. The number of amides is 5. The van der Waals surface area contributed by atoms with Crippen LogP contribution in [0.25, 0.3) is 0 Å². The van der Waals surface area contributed by atoms with Crippen molar-refractivity contribution in [3.05, 3.63) is 35.9 Å². The van der Waals surface area contributed by atoms with Gasteiger partial charge in [0.25, 0.3) is 5.97 Å². The molecule has 1 heterocycles. The molecule has 13 nitrogen and oxygen atoms in total. The van der Waals surface area contributed by atoms with Gasteiger partial charge in [-0.05, 0) is 49.2 Å². The van der Waals surface area contributed by atoms with Crippen molar-refractivity contribution >= 4 is 47.3 Å². The van der Waals surface area contributed by atoms with Gasteiger partial charge in [0.2, 0.25) is 29.5 Å². The van der Waals surface area contributed by atoms with Crippen LogP contribution in [0.2, 0.25) is 0 Å². The molecule has 2 rings (SSSR count). The van der Waals surface area contributed by atoms with Crippen molar-refractivity contribution in [3.8, 4) is 0 Å². The molecule has 0 aromatic heterocycles. The van der Waals surface area contributed by atoms with Gasteiger partial charge >= 0.3 is 0 Å². The molecule has 252 valence electrons. The van der Waals surface area contributed by atoms with Gasteiger partial charge in [-0.2, -0.15) is 11.8 Å². The second-order valence-electron chi connectivity index (χ2n) is 11.8. The summed E-state index contributed by atoms with van der Waals surface area (Å²) in [4.78, 5) is 76.8. The Hall–Kier alpha value is -3.65. The molecule has 0 aliphatic carbocycles. The first-order valence-electron chi connectivity index (χ1n) is 15.0. The van der Waals surface area contributed by atoms with Crippen molar-refractivity contribution in [2.24, 2.45) is 17.6 Å². The zero-order valence-electron chi connectivity index (χ0n) is 27.3. The second kappa shape index (κ2) is 19.7. The number of nitrogens with one attached hydrogen (secondary N) is 4. The number of carboxylic acid groups (broad SMARTS) is 1. The SMILES string of the molecule is CC(=O)O.CSCC[C@@H]1NC(=O)[C@H](C(C)C)NC(=O)CN(C(=O)[C@H](N)C(C)C)C[C@@H](Cc2ccccc2)NC(=O)[C@H](C)NC1=O. The number of rotatable bonds is 8. The number of carboxylic acids is 1. The lowest BCUT2D eigenvalue weighted by atomic mass is 10.0. The van der Waals surface area contributed by atoms with Crippen LogP contribution in [-0.4, -0.2) is 101 Å². The first-order valence-corrected chi connectivity index (χ1v) is 16.4. The predicted octanol–water partition coefficient (Wildman–Crippen LogP) is 0.514. The molecule has 0 bridgehead atoms. The lowest BCUT2D eigenvalue weighted by Crippen LogP contribution is -2.58. The zero-order chi connectivity index (χ0) is 34.3. The van der Waals surface area contributed by atoms with Gasteiger partial charge in [-0.25, -0.2) is 0 Å². The highest BCUT2D eigenvalue weighted by molar-refractivity contribution is 7.98. The van der Waals surface area contributed by atoms with E-state index < -0.39 is 65.7 Å². The Morgan fingerprint density at radius 3 is 2.11 bits per heavy atom. The highest BCUT2D eigenvalue weighted by Gasteiger charge is 2.33. The number of hydrogen-bond acceptors (Lipinski definition) is 8. The van der Waals surface area contributed by atoms with Crippen LogP contribution < -0.4 is 27.0 Å². The number of carbonyl (C=O) groups is 6. The van der Waals surface area contributed by atoms with Crippen LogP contribution in [0.1, 0.15) is 53.5 Å². The Morgan fingerprint density at radius 1 is 0.978 bits per heavy atom. The van der Waals surface area contributed by atoms with Gasteiger partial charge in [0.1, 0.15) is 18.1 Å². The van der Waals surface area contributed by atoms with Crippen molar-refractivity contribution < 1.29 is 33.9 Å². The van der Waals surface area contributed by atoms with Gasteiger partial charge in [0.05, 0.1) is 18.6 Å². The molecule has 1 saturated heterocycles. The van der Waals surface area contributed by atoms with E-state index >= 15 is 0 Å². The number of carbonyl (C=O) groups excluding carboxylic acids is 5. The Balaban J connectivity index is 0.00000238. The summed E-state index contributed by atoms with van der Waals surface area (Å²) < 4.78 is 0. The van der Waals surface area contributed by atoms with E-state index in [1.807, 2.05) is 50.4 Å². The third-order valence-corrected chi connectivity index (χ3v) is 7.67. The fraction of sp³-hybridized carbons (Fsp3) is 0.613. The van der Waals surface area contributed by atoms with E-state index in [0.717, 1.165) is 12.5 Å². The molecule has 7 N–H and O–H groups in total. The summed E-state index contributed by atoms with van der Waals surface area (Å²) in [5.74, 6) is -3.14. The summed E-state index contributed by atoms with van der Waals surface area (Å²) in [6.07, 6.45) is 2.61. The van der Waals surface area contributed by atoms with Gasteiger partial charge in [-0.3, -0.25) is 28.8 Å². The molecule has 1 aliphatic heterocycles. The molecule has 0 unspecified atom stereocenters. The number of nitrogens with zero attached hydrogens (tertiary/aromatic N) is 1. The fourth-order valence-electron chi connectivity index (χ4n) is 4.45. The van der Waals surface area contributed by atoms with Crippen molar-refractivity contribution in [3.63, 3.8) is 0 Å². The molecule has 5 amide bonds. The molecule has 45 heavy (non-hydrogen) atoms. The standard InChI is InChI=1S/C29H46N6O5S.C2H4O2/c1-17(2)24(30)29(40)35-15-21(14-20-10-8-7-9-11-20)32-26(37)19(5)31-27(38)22(12-13-41-6)33-28(39)25(18(3)4)34-23(36)16-35;1-2(3)4/h7-11,17-19,21-22,24-25H,12-16,30H2,1-6H3,(H,31,38)(H,32,37)(H,33,39)(H,34,36);1H3,(H,3,4)/t19-,21+,22-,24+,25-;/m0./s1. The molecule has 5 atom stereocenters. The maximum atomic E-state index is 13.5. The zero-order valence-corrected chi connectivity index (χ0v) is 28.1. The van der Waals surface area contributed by atoms with Crippen LogP contribution >= 0.6 is 11.8 Å². The average molecular weight is 651 g/mol. The highest BCUT2D eigenvalue weighted by atomic mass is 32.2. The van der Waals surface area contributed by atoms with E-state index in [-0.39, 0.29) is 24.9 Å². The average Bonchev–Trinajstić information content (AvgIpc) is 2.96. The van der Waals surface area contributed by atoms with E-state index in [2.05, 4.69) is 21.3 Å². The lowest BCUT2D eigenvalue weighted by molar-refractivity contribution is -0.139. The molecule has 0 radical (unpaired) electrons. The molecule has 14 heteroatoms. The van der Waals surface area contributed by atoms with Gasteiger partial charge < -0.3 is 37.0 Å². The molecule has 0 saturated carbocycles. The van der Waals surface area contributed by atoms with Gasteiger partial charge in [0.15, 0.2) is 0 Å². The number of thioether (sulfide) groups is 1. The van der Waals surface area contributed by atoms with Crippen LogP contribution in [0, 0.1) is 11.8 Å². The quantitative estimate of drug-likeness (QED) is 0.232. The Morgan fingerprint density at radius 2 is 1.58 bits per heavy atom. The van der Waals surface area contributed by atoms with E-state index in [1.165, 1.54) is 16.7 Å². The normalized spacial score (nSPS) is 22.5. The van der Waals surface area contributed by atoms with E-state index in [1.54, 1.807) is 20.8 Å². The van der Waals surface area contributed by atoms with Crippen LogP contribution in [0.15, 0.2) is 30.3 Å². The lowest BCUT2D eigenvalue weighted by Gasteiger charge is -2.32. The van der Waals surface area contributed by atoms with Crippen LogP contribution in [0.3, 0.4) is 0 Å². The largest absolute Gasteiger partial charge is 0.481 e. The Labute approximate surface area is 270 Å². The van der Waals surface area contributed by atoms with Crippen LogP contribution in [-0.2, 0) is 35.2 Å². The Bertz CT molecular complexity index is 1150. The molecular formula is C31H50N6O7S. The first-order chi connectivity index (χ1) is 21.1. The predicted molar refractivity (Wildman–Crippen MR) is 174 cm³/mol. The third-order valence-electron chi connectivity index (χ3n) is 7.02. The monoisotopic (exact) mass is 650 g/mol. The molecular weight excluding hydrogens is 600 g/mol. The molecule has 0 spiro atoms. The van der Waals surface area contributed by atoms with E-state index in [0.29, 0.717) is 18.6 Å². The third kappa shape index (κ3) is 14.3. The number of nitrogens with two attached hydrogens (primary N) is 1. The van der Waals surface area contributed by atoms with Gasteiger partial charge in [-0.1, -0.05) is 58.0 Å².